The number of rotatable bonds is 3. The molecule has 224 valence electrons. The van der Waals surface area contributed by atoms with Gasteiger partial charge in [0.1, 0.15) is 24.4 Å². The van der Waals surface area contributed by atoms with E-state index in [-0.39, 0.29) is 12.5 Å². The fraction of sp³-hybridized carbons (Fsp3) is 0.567. The third-order valence-corrected chi connectivity index (χ3v) is 6.38. The van der Waals surface area contributed by atoms with E-state index in [0.29, 0.717) is 19.3 Å². The van der Waals surface area contributed by atoms with E-state index in [1.165, 1.54) is 6.08 Å². The molecule has 2 heterocycles. The van der Waals surface area contributed by atoms with Crippen LogP contribution < -0.4 is 0 Å². The molecule has 0 saturated carbocycles. The highest BCUT2D eigenvalue weighted by molar-refractivity contribution is 5.82. The van der Waals surface area contributed by atoms with E-state index in [4.69, 9.17) is 14.2 Å². The Kier molecular flexibility index (Phi) is 15.9. The molecule has 0 unspecified atom stereocenters. The molecule has 2 aliphatic heterocycles. The standard InChI is InChI=1S/C30H44O10/c1-21-13-7-3-2-4-8-14-22(32)19-23(33)15-9-5-10-16-24(17-11-6-12-18-26(34)38-21)39-30-29(37)28(36)27(35)25(20-31)40-30/h2,4-6,8-12,14,16,18,21-25,27-33,35-37H,3,7,13,15,17,19-20H2,1H3/b4-2+,9-5+,11-6+,14-8+,16-10+,18-12-/t21-,22+,23+,24-,25-,27-,28+,29-,30-/m1/s1. The summed E-state index contributed by atoms with van der Waals surface area (Å²) in [7, 11) is 0. The van der Waals surface area contributed by atoms with Crippen LogP contribution in [0.25, 0.3) is 0 Å². The first kappa shape index (κ1) is 33.8. The van der Waals surface area contributed by atoms with E-state index >= 15 is 0 Å². The van der Waals surface area contributed by atoms with Crippen molar-refractivity contribution in [1.29, 1.82) is 0 Å². The fourth-order valence-corrected chi connectivity index (χ4v) is 4.10. The first-order valence-corrected chi connectivity index (χ1v) is 13.7. The van der Waals surface area contributed by atoms with Crippen molar-refractivity contribution in [1.82, 2.24) is 0 Å². The second kappa shape index (κ2) is 18.8. The number of ether oxygens (including phenoxy) is 3. The Morgan fingerprint density at radius 1 is 0.875 bits per heavy atom. The molecule has 40 heavy (non-hydrogen) atoms. The maximum atomic E-state index is 12.1. The summed E-state index contributed by atoms with van der Waals surface area (Å²) < 4.78 is 16.7. The summed E-state index contributed by atoms with van der Waals surface area (Å²) in [5.41, 5.74) is 0. The molecule has 1 saturated heterocycles. The Bertz CT molecular complexity index is 906. The monoisotopic (exact) mass is 564 g/mol. The van der Waals surface area contributed by atoms with Crippen LogP contribution in [0.2, 0.25) is 0 Å². The van der Waals surface area contributed by atoms with Gasteiger partial charge in [0, 0.05) is 12.5 Å². The Morgan fingerprint density at radius 3 is 2.35 bits per heavy atom. The normalized spacial score (nSPS) is 40.6. The first-order valence-electron chi connectivity index (χ1n) is 13.7. The molecule has 0 aromatic heterocycles. The van der Waals surface area contributed by atoms with Crippen LogP contribution in [0.3, 0.4) is 0 Å². The maximum absolute atomic E-state index is 12.1. The summed E-state index contributed by atoms with van der Waals surface area (Å²) in [5, 5.41) is 60.2. The van der Waals surface area contributed by atoms with Crippen LogP contribution in [0.15, 0.2) is 72.9 Å². The molecule has 1 fully saturated rings. The van der Waals surface area contributed by atoms with Crippen molar-refractivity contribution in [3.05, 3.63) is 72.9 Å². The number of carbonyl (C=O) groups excluding carboxylic acids is 1. The zero-order chi connectivity index (χ0) is 29.3. The van der Waals surface area contributed by atoms with Crippen molar-refractivity contribution in [3.8, 4) is 0 Å². The highest BCUT2D eigenvalue weighted by Gasteiger charge is 2.44. The molecule has 0 amide bonds. The van der Waals surface area contributed by atoms with Crippen molar-refractivity contribution in [3.63, 3.8) is 0 Å². The Labute approximate surface area is 235 Å². The van der Waals surface area contributed by atoms with E-state index < -0.39 is 61.6 Å². The lowest BCUT2D eigenvalue weighted by molar-refractivity contribution is -0.307. The smallest absolute Gasteiger partial charge is 0.331 e. The number of allylic oxidation sites excluding steroid dienone is 7. The molecule has 6 N–H and O–H groups in total. The lowest BCUT2D eigenvalue weighted by atomic mass is 9.99. The molecule has 9 atom stereocenters. The SMILES string of the molecule is C[C@@H]1CCC/C=C/C=C/[C@H](O)C[C@@H](O)C/C=C/C=C/[C@@H](O[C@@H]2O[C@H](CO)[C@@H](O)[C@H](O)[C@H]2O)C/C=C/C=C\C(=O)O1. The predicted octanol–water partition coefficient (Wildman–Crippen LogP) is 1.52. The number of carbonyl (C=O) groups is 1. The summed E-state index contributed by atoms with van der Waals surface area (Å²) in [6.45, 7) is 1.26. The van der Waals surface area contributed by atoms with Crippen LogP contribution in [0, 0.1) is 0 Å². The summed E-state index contributed by atoms with van der Waals surface area (Å²) in [5.74, 6) is -0.458. The highest BCUT2D eigenvalue weighted by atomic mass is 16.7. The molecule has 10 nitrogen and oxygen atoms in total. The van der Waals surface area contributed by atoms with Gasteiger partial charge in [0.15, 0.2) is 6.29 Å². The quantitative estimate of drug-likeness (QED) is 0.277. The van der Waals surface area contributed by atoms with Gasteiger partial charge in [-0.05, 0) is 39.0 Å². The largest absolute Gasteiger partial charge is 0.460 e. The van der Waals surface area contributed by atoms with Crippen LogP contribution in [-0.2, 0) is 19.0 Å². The van der Waals surface area contributed by atoms with Crippen LogP contribution in [0.5, 0.6) is 0 Å². The lowest BCUT2D eigenvalue weighted by Gasteiger charge is -2.40. The zero-order valence-corrected chi connectivity index (χ0v) is 22.9. The molecule has 0 bridgehead atoms. The molecular formula is C30H44O10. The van der Waals surface area contributed by atoms with Gasteiger partial charge in [0.25, 0.3) is 0 Å². The van der Waals surface area contributed by atoms with Crippen LogP contribution >= 0.6 is 0 Å². The van der Waals surface area contributed by atoms with Gasteiger partial charge in [-0.2, -0.15) is 0 Å². The number of aliphatic hydroxyl groups excluding tert-OH is 6. The summed E-state index contributed by atoms with van der Waals surface area (Å²) >= 11 is 0. The molecule has 0 aliphatic carbocycles. The number of esters is 1. The Hall–Kier alpha value is -2.41. The number of hydrogen-bond acceptors (Lipinski definition) is 10. The maximum Gasteiger partial charge on any atom is 0.331 e. The van der Waals surface area contributed by atoms with E-state index in [0.717, 1.165) is 12.8 Å². The highest BCUT2D eigenvalue weighted by Crippen LogP contribution is 2.24. The molecular weight excluding hydrogens is 520 g/mol. The minimum atomic E-state index is -1.57. The van der Waals surface area contributed by atoms with Crippen molar-refractivity contribution in [2.75, 3.05) is 6.61 Å². The van der Waals surface area contributed by atoms with Crippen molar-refractivity contribution in [2.24, 2.45) is 0 Å². The number of aliphatic hydroxyl groups is 6. The minimum absolute atomic E-state index is 0.183. The number of hydrogen-bond donors (Lipinski definition) is 6. The van der Waals surface area contributed by atoms with Gasteiger partial charge in [-0.3, -0.25) is 0 Å². The van der Waals surface area contributed by atoms with Crippen LogP contribution in [0.1, 0.15) is 45.4 Å². The van der Waals surface area contributed by atoms with Gasteiger partial charge in [-0.25, -0.2) is 4.79 Å². The van der Waals surface area contributed by atoms with Gasteiger partial charge in [-0.1, -0.05) is 66.8 Å². The minimum Gasteiger partial charge on any atom is -0.460 e. The van der Waals surface area contributed by atoms with E-state index in [1.807, 2.05) is 19.1 Å². The van der Waals surface area contributed by atoms with Gasteiger partial charge in [0.2, 0.25) is 0 Å². The first-order chi connectivity index (χ1) is 19.2. The molecule has 0 aromatic rings. The Morgan fingerprint density at radius 2 is 1.57 bits per heavy atom. The van der Waals surface area contributed by atoms with E-state index in [2.05, 4.69) is 0 Å². The van der Waals surface area contributed by atoms with Crippen LogP contribution in [0.4, 0.5) is 0 Å². The predicted molar refractivity (Wildman–Crippen MR) is 149 cm³/mol. The third-order valence-electron chi connectivity index (χ3n) is 6.38. The second-order valence-corrected chi connectivity index (χ2v) is 9.89. The fourth-order valence-electron chi connectivity index (χ4n) is 4.10. The van der Waals surface area contributed by atoms with Crippen molar-refractivity contribution in [2.45, 2.75) is 101 Å². The summed E-state index contributed by atoms with van der Waals surface area (Å²) in [4.78, 5) is 12.1. The molecule has 2 aliphatic rings. The van der Waals surface area contributed by atoms with E-state index in [9.17, 15) is 35.4 Å². The lowest BCUT2D eigenvalue weighted by Crippen LogP contribution is -2.59. The topological polar surface area (TPSA) is 166 Å². The third kappa shape index (κ3) is 12.8. The molecule has 0 aromatic carbocycles. The molecule has 0 radical (unpaired) electrons. The summed E-state index contributed by atoms with van der Waals surface area (Å²) in [6.07, 6.45) is 13.9. The average molecular weight is 565 g/mol. The van der Waals surface area contributed by atoms with Crippen molar-refractivity contribution < 1.29 is 49.6 Å². The number of cyclic esters (lactones) is 1. The van der Waals surface area contributed by atoms with Crippen LogP contribution in [-0.4, -0.2) is 98.3 Å². The molecule has 10 heteroatoms. The zero-order valence-electron chi connectivity index (χ0n) is 22.9. The van der Waals surface area contributed by atoms with Gasteiger partial charge >= 0.3 is 5.97 Å². The average Bonchev–Trinajstić information content (AvgIpc) is 2.91. The second-order valence-electron chi connectivity index (χ2n) is 9.89. The van der Waals surface area contributed by atoms with Gasteiger partial charge in [-0.15, -0.1) is 0 Å². The Balaban J connectivity index is 2.12. The van der Waals surface area contributed by atoms with E-state index in [1.54, 1.807) is 54.7 Å². The molecule has 2 rings (SSSR count). The van der Waals surface area contributed by atoms with Gasteiger partial charge < -0.3 is 44.8 Å². The van der Waals surface area contributed by atoms with Crippen molar-refractivity contribution >= 4 is 5.97 Å². The van der Waals surface area contributed by atoms with Gasteiger partial charge in [0.05, 0.1) is 31.0 Å². The summed E-state index contributed by atoms with van der Waals surface area (Å²) in [6, 6.07) is 0. The molecule has 0 spiro atoms.